The molecule has 2 rings (SSSR count). The number of aliphatic carboxylic acids is 1. The number of nitrogens with zero attached hydrogens (tertiary/aromatic N) is 1. The molecule has 0 radical (unpaired) electrons. The lowest BCUT2D eigenvalue weighted by molar-refractivity contribution is -0.138. The number of rotatable bonds is 5. The van der Waals surface area contributed by atoms with Crippen LogP contribution in [0.3, 0.4) is 0 Å². The van der Waals surface area contributed by atoms with Crippen molar-refractivity contribution in [3.8, 4) is 0 Å². The number of carboxylic acid groups (broad SMARTS) is 1. The lowest BCUT2D eigenvalue weighted by Gasteiger charge is -2.32. The molecule has 4 nitrogen and oxygen atoms in total. The monoisotopic (exact) mass is 311 g/mol. The number of carbonyl (C=O) groups is 2. The summed E-state index contributed by atoms with van der Waals surface area (Å²) in [5.41, 5.74) is 3.90. The average molecular weight is 311 g/mol. The van der Waals surface area contributed by atoms with E-state index in [4.69, 9.17) is 0 Å². The number of ketones is 1. The van der Waals surface area contributed by atoms with Gasteiger partial charge in [0.05, 0.1) is 5.69 Å². The Bertz CT molecular complexity index is 732. The van der Waals surface area contributed by atoms with Crippen LogP contribution < -0.4 is 4.90 Å². The summed E-state index contributed by atoms with van der Waals surface area (Å²) in [7, 11) is 0. The van der Waals surface area contributed by atoms with Crippen LogP contribution in [0.5, 0.6) is 0 Å². The largest absolute Gasteiger partial charge is 0.480 e. The highest BCUT2D eigenvalue weighted by Gasteiger charge is 2.27. The molecule has 0 aliphatic rings. The van der Waals surface area contributed by atoms with Crippen LogP contribution >= 0.6 is 0 Å². The van der Waals surface area contributed by atoms with Crippen molar-refractivity contribution in [1.29, 1.82) is 0 Å². The Morgan fingerprint density at radius 3 is 2.09 bits per heavy atom. The second-order valence-electron chi connectivity index (χ2n) is 5.70. The quantitative estimate of drug-likeness (QED) is 0.844. The van der Waals surface area contributed by atoms with Gasteiger partial charge in [0, 0.05) is 11.3 Å². The molecule has 4 heteroatoms. The van der Waals surface area contributed by atoms with Gasteiger partial charge in [-0.2, -0.15) is 0 Å². The zero-order chi connectivity index (χ0) is 17.1. The van der Waals surface area contributed by atoms with Crippen LogP contribution in [0.25, 0.3) is 0 Å². The Kier molecular flexibility index (Phi) is 4.84. The van der Waals surface area contributed by atoms with Crippen molar-refractivity contribution in [3.05, 3.63) is 59.2 Å². The third kappa shape index (κ3) is 3.26. The van der Waals surface area contributed by atoms with Crippen molar-refractivity contribution in [1.82, 2.24) is 0 Å². The van der Waals surface area contributed by atoms with Gasteiger partial charge in [-0.3, -0.25) is 4.79 Å². The minimum atomic E-state index is -0.939. The highest BCUT2D eigenvalue weighted by atomic mass is 16.4. The van der Waals surface area contributed by atoms with E-state index in [1.54, 1.807) is 30.0 Å². The summed E-state index contributed by atoms with van der Waals surface area (Å²) < 4.78 is 0. The number of hydrogen-bond donors (Lipinski definition) is 1. The molecule has 2 aromatic carbocycles. The summed E-state index contributed by atoms with van der Waals surface area (Å²) in [6.45, 7) is 7.01. The summed E-state index contributed by atoms with van der Waals surface area (Å²) in [4.78, 5) is 25.4. The molecule has 0 saturated carbocycles. The molecular formula is C19H21NO3. The van der Waals surface area contributed by atoms with Crippen LogP contribution in [0.1, 0.15) is 35.3 Å². The van der Waals surface area contributed by atoms with E-state index in [0.29, 0.717) is 11.3 Å². The number of anilines is 2. The topological polar surface area (TPSA) is 57.6 Å². The first-order chi connectivity index (χ1) is 10.8. The van der Waals surface area contributed by atoms with Crippen LogP contribution in [-0.2, 0) is 4.79 Å². The molecule has 0 amide bonds. The summed E-state index contributed by atoms with van der Waals surface area (Å²) in [6.07, 6.45) is 0. The molecule has 120 valence electrons. The predicted molar refractivity (Wildman–Crippen MR) is 91.6 cm³/mol. The number of aryl methyl sites for hydroxylation is 2. The van der Waals surface area contributed by atoms with Gasteiger partial charge in [0.2, 0.25) is 0 Å². The van der Waals surface area contributed by atoms with E-state index >= 15 is 0 Å². The maximum absolute atomic E-state index is 12.0. The zero-order valence-electron chi connectivity index (χ0n) is 13.8. The molecule has 0 saturated heterocycles. The van der Waals surface area contributed by atoms with Crippen molar-refractivity contribution in [2.45, 2.75) is 33.7 Å². The standard InChI is InChI=1S/C19H21NO3/c1-12-8-7-9-13(2)18(12)20(14(3)19(22)23)17-11-6-5-10-16(17)15(4)21/h5-11,14H,1-4H3,(H,22,23). The third-order valence-corrected chi connectivity index (χ3v) is 3.97. The average Bonchev–Trinajstić information content (AvgIpc) is 2.50. The van der Waals surface area contributed by atoms with E-state index in [-0.39, 0.29) is 5.78 Å². The zero-order valence-corrected chi connectivity index (χ0v) is 13.8. The Morgan fingerprint density at radius 2 is 1.57 bits per heavy atom. The molecule has 0 aliphatic heterocycles. The van der Waals surface area contributed by atoms with E-state index in [1.165, 1.54) is 6.92 Å². The minimum Gasteiger partial charge on any atom is -0.480 e. The normalized spacial score (nSPS) is 11.8. The Labute approximate surface area is 136 Å². The first-order valence-electron chi connectivity index (χ1n) is 7.52. The second-order valence-corrected chi connectivity index (χ2v) is 5.70. The van der Waals surface area contributed by atoms with Crippen LogP contribution in [0, 0.1) is 13.8 Å². The first kappa shape index (κ1) is 16.7. The Balaban J connectivity index is 2.75. The van der Waals surface area contributed by atoms with E-state index in [9.17, 15) is 14.7 Å². The molecule has 0 heterocycles. The van der Waals surface area contributed by atoms with Crippen molar-refractivity contribution in [3.63, 3.8) is 0 Å². The lowest BCUT2D eigenvalue weighted by atomic mass is 10.0. The van der Waals surface area contributed by atoms with Gasteiger partial charge in [-0.25, -0.2) is 4.79 Å². The number of para-hydroxylation sites is 2. The Hall–Kier alpha value is -2.62. The molecule has 0 aliphatic carbocycles. The molecule has 0 aromatic heterocycles. The van der Waals surface area contributed by atoms with Crippen molar-refractivity contribution < 1.29 is 14.7 Å². The highest BCUT2D eigenvalue weighted by molar-refractivity contribution is 6.01. The van der Waals surface area contributed by atoms with E-state index in [2.05, 4.69) is 0 Å². The second kappa shape index (κ2) is 6.65. The highest BCUT2D eigenvalue weighted by Crippen LogP contribution is 2.35. The predicted octanol–water partition coefficient (Wildman–Crippen LogP) is 4.12. The fraction of sp³-hybridized carbons (Fsp3) is 0.263. The van der Waals surface area contributed by atoms with Gasteiger partial charge in [0.1, 0.15) is 6.04 Å². The molecule has 23 heavy (non-hydrogen) atoms. The Morgan fingerprint density at radius 1 is 1.00 bits per heavy atom. The van der Waals surface area contributed by atoms with E-state index in [1.807, 2.05) is 38.1 Å². The molecule has 1 atom stereocenters. The SMILES string of the molecule is CC(=O)c1ccccc1N(c1c(C)cccc1C)C(C)C(=O)O. The number of carboxylic acids is 1. The number of Topliss-reactive ketones (excluding diaryl/α,β-unsaturated/α-hetero) is 1. The summed E-state index contributed by atoms with van der Waals surface area (Å²) >= 11 is 0. The lowest BCUT2D eigenvalue weighted by Crippen LogP contribution is -2.37. The van der Waals surface area contributed by atoms with E-state index in [0.717, 1.165) is 16.8 Å². The van der Waals surface area contributed by atoms with Gasteiger partial charge in [-0.15, -0.1) is 0 Å². The first-order valence-corrected chi connectivity index (χ1v) is 7.52. The molecular weight excluding hydrogens is 290 g/mol. The van der Waals surface area contributed by atoms with Gasteiger partial charge < -0.3 is 10.0 Å². The van der Waals surface area contributed by atoms with Crippen molar-refractivity contribution in [2.24, 2.45) is 0 Å². The summed E-state index contributed by atoms with van der Waals surface area (Å²) in [5, 5.41) is 9.56. The van der Waals surface area contributed by atoms with Gasteiger partial charge in [-0.05, 0) is 51.0 Å². The van der Waals surface area contributed by atoms with Gasteiger partial charge in [0.25, 0.3) is 0 Å². The molecule has 0 spiro atoms. The van der Waals surface area contributed by atoms with Crippen LogP contribution in [0.4, 0.5) is 11.4 Å². The number of hydrogen-bond acceptors (Lipinski definition) is 3. The maximum atomic E-state index is 12.0. The van der Waals surface area contributed by atoms with E-state index < -0.39 is 12.0 Å². The molecule has 0 bridgehead atoms. The van der Waals surface area contributed by atoms with Crippen LogP contribution in [0.2, 0.25) is 0 Å². The number of benzene rings is 2. The smallest absolute Gasteiger partial charge is 0.326 e. The van der Waals surface area contributed by atoms with Gasteiger partial charge >= 0.3 is 5.97 Å². The third-order valence-electron chi connectivity index (χ3n) is 3.97. The molecule has 1 N–H and O–H groups in total. The van der Waals surface area contributed by atoms with Crippen LogP contribution in [-0.4, -0.2) is 22.9 Å². The molecule has 1 unspecified atom stereocenters. The van der Waals surface area contributed by atoms with Crippen molar-refractivity contribution in [2.75, 3.05) is 4.90 Å². The summed E-state index contributed by atoms with van der Waals surface area (Å²) in [5.74, 6) is -1.03. The van der Waals surface area contributed by atoms with Gasteiger partial charge in [0.15, 0.2) is 5.78 Å². The fourth-order valence-corrected chi connectivity index (χ4v) is 2.80. The minimum absolute atomic E-state index is 0.0885. The summed E-state index contributed by atoms with van der Waals surface area (Å²) in [6, 6.07) is 12.2. The van der Waals surface area contributed by atoms with Crippen molar-refractivity contribution >= 4 is 23.1 Å². The fourth-order valence-electron chi connectivity index (χ4n) is 2.80. The molecule has 2 aromatic rings. The van der Waals surface area contributed by atoms with Gasteiger partial charge in [-0.1, -0.05) is 30.3 Å². The maximum Gasteiger partial charge on any atom is 0.326 e. The molecule has 0 fully saturated rings. The van der Waals surface area contributed by atoms with Crippen LogP contribution in [0.15, 0.2) is 42.5 Å². The number of carbonyl (C=O) groups excluding carboxylic acids is 1.